The number of likely N-dealkylation sites (tertiary alicyclic amines) is 2. The molecule has 5 nitrogen and oxygen atoms in total. The van der Waals surface area contributed by atoms with Crippen LogP contribution in [0.15, 0.2) is 36.5 Å². The van der Waals surface area contributed by atoms with E-state index in [0.29, 0.717) is 6.04 Å². The molecule has 0 unspecified atom stereocenters. The van der Waals surface area contributed by atoms with Crippen molar-refractivity contribution in [3.05, 3.63) is 47.8 Å². The molecule has 0 amide bonds. The quantitative estimate of drug-likeness (QED) is 0.754. The molecule has 150 valence electrons. The monoisotopic (exact) mass is 412 g/mol. The minimum atomic E-state index is 0. The van der Waals surface area contributed by atoms with Crippen LogP contribution >= 0.6 is 24.8 Å². The molecule has 27 heavy (non-hydrogen) atoms. The average Bonchev–Trinajstić information content (AvgIpc) is 3.27. The number of rotatable bonds is 5. The van der Waals surface area contributed by atoms with Crippen LogP contribution in [0.2, 0.25) is 0 Å². The maximum Gasteiger partial charge on any atom is 0.118 e. The van der Waals surface area contributed by atoms with Crippen LogP contribution in [0.5, 0.6) is 5.75 Å². The Labute approximate surface area is 174 Å². The molecule has 0 spiro atoms. The van der Waals surface area contributed by atoms with Gasteiger partial charge >= 0.3 is 0 Å². The number of benzene rings is 1. The van der Waals surface area contributed by atoms with E-state index in [0.717, 1.165) is 30.7 Å². The van der Waals surface area contributed by atoms with Crippen LogP contribution in [0.1, 0.15) is 17.3 Å². The van der Waals surface area contributed by atoms with Crippen molar-refractivity contribution in [1.29, 1.82) is 0 Å². The molecule has 0 saturated carbocycles. The van der Waals surface area contributed by atoms with Gasteiger partial charge in [-0.25, -0.2) is 0 Å². The number of ether oxygens (including phenoxy) is 1. The minimum Gasteiger partial charge on any atom is -0.497 e. The fraction of sp³-hybridized carbons (Fsp3) is 0.550. The zero-order valence-electron chi connectivity index (χ0n) is 16.2. The number of hydrogen-bond donors (Lipinski definition) is 0. The van der Waals surface area contributed by atoms with E-state index in [4.69, 9.17) is 4.74 Å². The SMILES string of the molecule is COc1ccc([C@@H]2[C@@H]3CN(CCn4nccc4C)C[C@@H]3CN2C)cc1.Cl.Cl. The summed E-state index contributed by atoms with van der Waals surface area (Å²) in [5.41, 5.74) is 2.66. The summed E-state index contributed by atoms with van der Waals surface area (Å²) < 4.78 is 7.42. The Bertz CT molecular complexity index is 721. The lowest BCUT2D eigenvalue weighted by Crippen LogP contribution is -2.31. The third-order valence-electron chi connectivity index (χ3n) is 5.98. The van der Waals surface area contributed by atoms with Crippen molar-refractivity contribution in [2.45, 2.75) is 19.5 Å². The van der Waals surface area contributed by atoms with Crippen molar-refractivity contribution in [2.24, 2.45) is 11.8 Å². The molecule has 0 radical (unpaired) electrons. The van der Waals surface area contributed by atoms with Crippen molar-refractivity contribution in [2.75, 3.05) is 40.3 Å². The second-order valence-electron chi connectivity index (χ2n) is 7.54. The lowest BCUT2D eigenvalue weighted by atomic mass is 9.89. The minimum absolute atomic E-state index is 0. The number of nitrogens with zero attached hydrogens (tertiary/aromatic N) is 4. The average molecular weight is 413 g/mol. The molecular formula is C20H30Cl2N4O. The second kappa shape index (κ2) is 9.28. The molecule has 2 aliphatic rings. The smallest absolute Gasteiger partial charge is 0.118 e. The van der Waals surface area contributed by atoms with E-state index in [1.165, 1.54) is 30.9 Å². The molecule has 3 atom stereocenters. The highest BCUT2D eigenvalue weighted by Crippen LogP contribution is 2.44. The van der Waals surface area contributed by atoms with Crippen LogP contribution in [0.3, 0.4) is 0 Å². The van der Waals surface area contributed by atoms with Gasteiger partial charge in [0.05, 0.1) is 13.7 Å². The molecule has 4 rings (SSSR count). The Morgan fingerprint density at radius 3 is 2.41 bits per heavy atom. The van der Waals surface area contributed by atoms with Crippen LogP contribution in [-0.2, 0) is 6.54 Å². The molecule has 2 aromatic rings. The van der Waals surface area contributed by atoms with Crippen LogP contribution < -0.4 is 4.74 Å². The van der Waals surface area contributed by atoms with E-state index < -0.39 is 0 Å². The zero-order chi connectivity index (χ0) is 17.4. The van der Waals surface area contributed by atoms with E-state index >= 15 is 0 Å². The molecule has 2 aliphatic heterocycles. The Hall–Kier alpha value is -1.27. The Balaban J connectivity index is 0.00000131. The summed E-state index contributed by atoms with van der Waals surface area (Å²) in [6.07, 6.45) is 1.89. The Morgan fingerprint density at radius 1 is 1.04 bits per heavy atom. The van der Waals surface area contributed by atoms with Crippen LogP contribution in [0.4, 0.5) is 0 Å². The van der Waals surface area contributed by atoms with Crippen molar-refractivity contribution in [3.63, 3.8) is 0 Å². The molecule has 1 aromatic carbocycles. The van der Waals surface area contributed by atoms with Crippen LogP contribution in [-0.4, -0.2) is 59.9 Å². The van der Waals surface area contributed by atoms with Gasteiger partial charge in [-0.05, 0) is 49.6 Å². The molecule has 3 heterocycles. The standard InChI is InChI=1S/C20H28N4O.2ClH/c1-15-8-9-21-24(15)11-10-23-13-17-12-22(2)20(19(17)14-23)16-4-6-18(25-3)7-5-16;;/h4-9,17,19-20H,10-14H2,1-3H3;2*1H/t17-,19+,20+;;/m0../s1. The van der Waals surface area contributed by atoms with E-state index in [-0.39, 0.29) is 24.8 Å². The summed E-state index contributed by atoms with van der Waals surface area (Å²) in [6, 6.07) is 11.2. The van der Waals surface area contributed by atoms with Crippen LogP contribution in [0.25, 0.3) is 0 Å². The van der Waals surface area contributed by atoms with E-state index in [2.05, 4.69) is 63.9 Å². The molecule has 1 aromatic heterocycles. The lowest BCUT2D eigenvalue weighted by Gasteiger charge is -2.27. The van der Waals surface area contributed by atoms with E-state index in [9.17, 15) is 0 Å². The normalized spacial score (nSPS) is 24.9. The molecule has 0 aliphatic carbocycles. The third kappa shape index (κ3) is 4.43. The second-order valence-corrected chi connectivity index (χ2v) is 7.54. The highest BCUT2D eigenvalue weighted by atomic mass is 35.5. The van der Waals surface area contributed by atoms with Gasteiger partial charge in [0, 0.05) is 44.1 Å². The summed E-state index contributed by atoms with van der Waals surface area (Å²) in [5.74, 6) is 2.43. The van der Waals surface area contributed by atoms with Gasteiger partial charge in [0.1, 0.15) is 5.75 Å². The Morgan fingerprint density at radius 2 is 1.78 bits per heavy atom. The number of hydrogen-bond acceptors (Lipinski definition) is 4. The fourth-order valence-corrected chi connectivity index (χ4v) is 4.70. The summed E-state index contributed by atoms with van der Waals surface area (Å²) in [6.45, 7) is 7.79. The van der Waals surface area contributed by atoms with Crippen molar-refractivity contribution in [3.8, 4) is 5.75 Å². The first-order chi connectivity index (χ1) is 12.2. The van der Waals surface area contributed by atoms with E-state index in [1.807, 2.05) is 6.20 Å². The molecule has 7 heteroatoms. The maximum atomic E-state index is 5.31. The first-order valence-corrected chi connectivity index (χ1v) is 9.20. The molecule has 0 N–H and O–H groups in total. The first-order valence-electron chi connectivity index (χ1n) is 9.20. The van der Waals surface area contributed by atoms with Gasteiger partial charge in [-0.1, -0.05) is 12.1 Å². The van der Waals surface area contributed by atoms with Gasteiger partial charge in [0.2, 0.25) is 0 Å². The molecule has 2 saturated heterocycles. The van der Waals surface area contributed by atoms with Gasteiger partial charge in [0.25, 0.3) is 0 Å². The lowest BCUT2D eigenvalue weighted by molar-refractivity contribution is 0.222. The number of aromatic nitrogens is 2. The van der Waals surface area contributed by atoms with Crippen molar-refractivity contribution >= 4 is 24.8 Å². The summed E-state index contributed by atoms with van der Waals surface area (Å²) >= 11 is 0. The summed E-state index contributed by atoms with van der Waals surface area (Å²) in [5, 5.41) is 4.41. The highest BCUT2D eigenvalue weighted by Gasteiger charge is 2.45. The molecular weight excluding hydrogens is 383 g/mol. The van der Waals surface area contributed by atoms with Crippen LogP contribution in [0, 0.1) is 18.8 Å². The fourth-order valence-electron chi connectivity index (χ4n) is 4.70. The van der Waals surface area contributed by atoms with Gasteiger partial charge < -0.3 is 9.64 Å². The van der Waals surface area contributed by atoms with Crippen molar-refractivity contribution < 1.29 is 4.74 Å². The predicted octanol–water partition coefficient (Wildman–Crippen LogP) is 3.28. The first kappa shape index (κ1) is 22.0. The third-order valence-corrected chi connectivity index (χ3v) is 5.98. The largest absolute Gasteiger partial charge is 0.497 e. The van der Waals surface area contributed by atoms with Gasteiger partial charge in [-0.15, -0.1) is 24.8 Å². The topological polar surface area (TPSA) is 33.5 Å². The number of methoxy groups -OCH3 is 1. The predicted molar refractivity (Wildman–Crippen MR) is 113 cm³/mol. The van der Waals surface area contributed by atoms with Crippen molar-refractivity contribution in [1.82, 2.24) is 19.6 Å². The Kier molecular flexibility index (Phi) is 7.57. The number of aryl methyl sites for hydroxylation is 1. The highest BCUT2D eigenvalue weighted by molar-refractivity contribution is 5.85. The van der Waals surface area contributed by atoms with Gasteiger partial charge in [-0.3, -0.25) is 9.58 Å². The van der Waals surface area contributed by atoms with Gasteiger partial charge in [-0.2, -0.15) is 5.10 Å². The van der Waals surface area contributed by atoms with E-state index in [1.54, 1.807) is 7.11 Å². The molecule has 0 bridgehead atoms. The number of halogens is 2. The number of fused-ring (bicyclic) bond motifs is 1. The summed E-state index contributed by atoms with van der Waals surface area (Å²) in [7, 11) is 3.99. The zero-order valence-corrected chi connectivity index (χ0v) is 17.9. The molecule has 2 fully saturated rings. The van der Waals surface area contributed by atoms with Gasteiger partial charge in [0.15, 0.2) is 0 Å². The maximum absolute atomic E-state index is 5.31. The summed E-state index contributed by atoms with van der Waals surface area (Å²) in [4.78, 5) is 5.16.